The normalized spacial score (nSPS) is 11.2. The van der Waals surface area contributed by atoms with Crippen molar-refractivity contribution in [2.24, 2.45) is 5.16 Å². The number of nitrogens with zero attached hydrogens (tertiary/aromatic N) is 2. The van der Waals surface area contributed by atoms with Crippen LogP contribution in [0.15, 0.2) is 5.16 Å². The Morgan fingerprint density at radius 3 is 3.20 bits per heavy atom. The van der Waals surface area contributed by atoms with Crippen molar-refractivity contribution in [3.05, 3.63) is 0 Å². The van der Waals surface area contributed by atoms with E-state index in [4.69, 9.17) is 6.69 Å². The first-order valence-corrected chi connectivity index (χ1v) is 2.53. The minimum Gasteiger partial charge on any atom is -0.476 e. The van der Waals surface area contributed by atoms with E-state index in [9.17, 15) is 4.79 Å². The van der Waals surface area contributed by atoms with E-state index < -0.39 is 11.7 Å². The Labute approximate surface area is 59.0 Å². The first kappa shape index (κ1) is 6.55. The second-order valence-electron chi connectivity index (χ2n) is 1.26. The summed E-state index contributed by atoms with van der Waals surface area (Å²) in [6.07, 6.45) is 0. The number of rotatable bonds is 3. The standard InChI is InChI=1S/C5H6N2O3/c1-2-10-7-4(3-6)5(8)9/h2H2,1H3,(H,8,9)/i/hD. The molecule has 0 saturated heterocycles. The summed E-state index contributed by atoms with van der Waals surface area (Å²) < 4.78 is 6.14. The largest absolute Gasteiger partial charge is 0.476 e. The van der Waals surface area contributed by atoms with Crippen molar-refractivity contribution in [2.75, 3.05) is 6.61 Å². The molecule has 0 aliphatic carbocycles. The van der Waals surface area contributed by atoms with Gasteiger partial charge in [0.25, 0.3) is 7.14 Å². The van der Waals surface area contributed by atoms with E-state index in [1.165, 1.54) is 6.07 Å². The molecular weight excluding hydrogens is 136 g/mol. The molecule has 0 aromatic carbocycles. The molecule has 5 heteroatoms. The number of carboxylic acid groups (broad SMARTS) is 1. The number of hydrogen-bond acceptors (Lipinski definition) is 5. The van der Waals surface area contributed by atoms with Crippen LogP contribution in [0.5, 0.6) is 0 Å². The van der Waals surface area contributed by atoms with Gasteiger partial charge in [0.1, 0.15) is 12.7 Å². The van der Waals surface area contributed by atoms with Crippen molar-refractivity contribution in [3.63, 3.8) is 0 Å². The van der Waals surface area contributed by atoms with E-state index in [2.05, 4.69) is 15.1 Å². The topological polar surface area (TPSA) is 82.7 Å². The third-order valence-corrected chi connectivity index (χ3v) is 0.584. The first-order chi connectivity index (χ1) is 5.26. The molecule has 54 valence electrons. The van der Waals surface area contributed by atoms with Crippen molar-refractivity contribution in [1.82, 2.24) is 0 Å². The zero-order valence-corrected chi connectivity index (χ0v) is 5.33. The Hall–Kier alpha value is -1.57. The van der Waals surface area contributed by atoms with Gasteiger partial charge in [-0.1, -0.05) is 5.16 Å². The fourth-order valence-corrected chi connectivity index (χ4v) is 0.232. The SMILES string of the molecule is [2H]OC(=O)C(C#N)=NOCC. The maximum absolute atomic E-state index is 10.4. The third-order valence-electron chi connectivity index (χ3n) is 0.584. The Morgan fingerprint density at radius 1 is 2.10 bits per heavy atom. The highest BCUT2D eigenvalue weighted by Gasteiger charge is 2.07. The van der Waals surface area contributed by atoms with E-state index in [1.54, 1.807) is 6.92 Å². The van der Waals surface area contributed by atoms with E-state index in [-0.39, 0.29) is 6.61 Å². The van der Waals surface area contributed by atoms with Gasteiger partial charge in [0, 0.05) is 0 Å². The highest BCUT2D eigenvalue weighted by atomic mass is 16.6. The Bertz CT molecular complexity index is 208. The molecule has 0 aliphatic rings. The average molecular weight is 143 g/mol. The summed E-state index contributed by atoms with van der Waals surface area (Å²) in [5.41, 5.74) is -0.568. The van der Waals surface area contributed by atoms with Crippen LogP contribution < -0.4 is 0 Å². The van der Waals surface area contributed by atoms with E-state index >= 15 is 0 Å². The van der Waals surface area contributed by atoms with Gasteiger partial charge in [-0.3, -0.25) is 0 Å². The smallest absolute Gasteiger partial charge is 0.369 e. The summed E-state index contributed by atoms with van der Waals surface area (Å²) in [6.45, 7) is 1.89. The monoisotopic (exact) mass is 143 g/mol. The molecule has 0 saturated carbocycles. The van der Waals surface area contributed by atoms with Gasteiger partial charge in [-0.05, 0) is 6.92 Å². The Kier molecular flexibility index (Phi) is 2.83. The minimum absolute atomic E-state index is 0.246. The summed E-state index contributed by atoms with van der Waals surface area (Å²) in [5.74, 6) is -1.12. The summed E-state index contributed by atoms with van der Waals surface area (Å²) in [5, 5.41) is 14.8. The lowest BCUT2D eigenvalue weighted by Crippen LogP contribution is -2.10. The van der Waals surface area contributed by atoms with Crippen LogP contribution >= 0.6 is 0 Å². The molecule has 5 nitrogen and oxygen atoms in total. The molecule has 0 atom stereocenters. The zero-order chi connectivity index (χ0) is 8.69. The summed E-state index contributed by atoms with van der Waals surface area (Å²) in [4.78, 5) is 14.8. The van der Waals surface area contributed by atoms with Gasteiger partial charge in [0.2, 0.25) is 0 Å². The number of hydrogen-bond donors (Lipinski definition) is 1. The highest BCUT2D eigenvalue weighted by molar-refractivity contribution is 6.42. The fraction of sp³-hybridized carbons (Fsp3) is 0.400. The van der Waals surface area contributed by atoms with Gasteiger partial charge in [-0.2, -0.15) is 5.26 Å². The molecule has 0 heterocycles. The van der Waals surface area contributed by atoms with Gasteiger partial charge in [0.15, 0.2) is 0 Å². The van der Waals surface area contributed by atoms with Crippen LogP contribution in [0.4, 0.5) is 0 Å². The zero-order valence-electron chi connectivity index (χ0n) is 6.33. The van der Waals surface area contributed by atoms with E-state index in [0.29, 0.717) is 0 Å². The van der Waals surface area contributed by atoms with Gasteiger partial charge in [-0.25, -0.2) is 4.79 Å². The van der Waals surface area contributed by atoms with Gasteiger partial charge >= 0.3 is 5.97 Å². The molecule has 10 heavy (non-hydrogen) atoms. The van der Waals surface area contributed by atoms with Crippen LogP contribution in [0.1, 0.15) is 6.92 Å². The lowest BCUT2D eigenvalue weighted by molar-refractivity contribution is -0.129. The fourth-order valence-electron chi connectivity index (χ4n) is 0.232. The molecule has 0 bridgehead atoms. The lowest BCUT2D eigenvalue weighted by atomic mass is 10.4. The molecule has 0 radical (unpaired) electrons. The molecular formula is C5H6N2O3. The van der Waals surface area contributed by atoms with Gasteiger partial charge in [-0.15, -0.1) is 0 Å². The third kappa shape index (κ3) is 2.67. The molecule has 0 rings (SSSR count). The number of carbonyl (C=O) groups is 1. The maximum Gasteiger partial charge on any atom is 0.369 e. The average Bonchev–Trinajstić information content (AvgIpc) is 2.05. The molecule has 0 spiro atoms. The summed E-state index contributed by atoms with van der Waals surface area (Å²) in [7, 11) is 0. The quantitative estimate of drug-likeness (QED) is 0.444. The number of nitriles is 1. The van der Waals surface area contributed by atoms with Crippen LogP contribution in [-0.4, -0.2) is 23.4 Å². The number of oxime groups is 1. The molecule has 0 fully saturated rings. The number of carboxylic acids is 1. The van der Waals surface area contributed by atoms with E-state index in [1.807, 2.05) is 0 Å². The molecule has 0 aromatic heterocycles. The van der Waals surface area contributed by atoms with Crippen LogP contribution in [-0.2, 0) is 9.63 Å². The first-order valence-electron chi connectivity index (χ1n) is 2.94. The van der Waals surface area contributed by atoms with E-state index in [0.717, 1.165) is 0 Å². The van der Waals surface area contributed by atoms with Crippen molar-refractivity contribution < 1.29 is 14.7 Å². The van der Waals surface area contributed by atoms with Crippen molar-refractivity contribution in [2.45, 2.75) is 6.92 Å². The summed E-state index contributed by atoms with van der Waals surface area (Å²) in [6, 6.07) is 1.42. The minimum atomic E-state index is -1.12. The van der Waals surface area contributed by atoms with Crippen LogP contribution in [0, 0.1) is 11.3 Å². The Morgan fingerprint density at radius 2 is 2.80 bits per heavy atom. The Balaban J connectivity index is 4.18. The second-order valence-corrected chi connectivity index (χ2v) is 1.26. The molecule has 1 N–H and O–H groups in total. The van der Waals surface area contributed by atoms with Crippen LogP contribution in [0.3, 0.4) is 0 Å². The highest BCUT2D eigenvalue weighted by Crippen LogP contribution is 1.79. The predicted molar refractivity (Wildman–Crippen MR) is 32.3 cm³/mol. The maximum atomic E-state index is 10.4. The van der Waals surface area contributed by atoms with Crippen LogP contribution in [0.25, 0.3) is 1.43 Å². The van der Waals surface area contributed by atoms with Crippen LogP contribution in [0.2, 0.25) is 0 Å². The van der Waals surface area contributed by atoms with Crippen molar-refractivity contribution in [3.8, 4) is 6.07 Å². The van der Waals surface area contributed by atoms with Gasteiger partial charge in [0.05, 0.1) is 0 Å². The molecule has 0 amide bonds. The molecule has 0 aliphatic heterocycles. The molecule has 0 unspecified atom stereocenters. The van der Waals surface area contributed by atoms with Crippen molar-refractivity contribution in [1.29, 1.82) is 6.69 Å². The van der Waals surface area contributed by atoms with Crippen molar-refractivity contribution >= 4 is 11.7 Å². The van der Waals surface area contributed by atoms with Gasteiger partial charge < -0.3 is 9.95 Å². The second kappa shape index (κ2) is 4.32. The predicted octanol–water partition coefficient (Wildman–Crippen LogP) is -0.0129. The lowest BCUT2D eigenvalue weighted by Gasteiger charge is -1.89. The number of aliphatic carboxylic acids is 1. The molecule has 0 aromatic rings. The summed E-state index contributed by atoms with van der Waals surface area (Å²) >= 11 is 0.